The fourth-order valence-corrected chi connectivity index (χ4v) is 4.07. The average molecular weight is 387 g/mol. The van der Waals surface area contributed by atoms with Gasteiger partial charge < -0.3 is 19.6 Å². The lowest BCUT2D eigenvalue weighted by Gasteiger charge is -2.16. The number of nitrogens with zero attached hydrogens (tertiary/aromatic N) is 1. The number of H-pyrrole nitrogens is 2. The number of hydrogen-bond donors (Lipinski definition) is 2. The van der Waals surface area contributed by atoms with Gasteiger partial charge >= 0.3 is 5.69 Å². The highest BCUT2D eigenvalue weighted by Crippen LogP contribution is 2.35. The van der Waals surface area contributed by atoms with Gasteiger partial charge in [-0.1, -0.05) is 36.4 Å². The van der Waals surface area contributed by atoms with E-state index in [-0.39, 0.29) is 18.2 Å². The Kier molecular flexibility index (Phi) is 4.31. The van der Waals surface area contributed by atoms with Crippen molar-refractivity contribution in [3.05, 3.63) is 65.1 Å². The number of imidazole rings is 1. The molecule has 1 amide bonds. The molecule has 4 aromatic rings. The highest BCUT2D eigenvalue weighted by Gasteiger charge is 2.19. The second-order valence-corrected chi connectivity index (χ2v) is 7.38. The van der Waals surface area contributed by atoms with Crippen LogP contribution in [0.2, 0.25) is 0 Å². The molecule has 1 aliphatic rings. The van der Waals surface area contributed by atoms with Crippen molar-refractivity contribution in [2.75, 3.05) is 19.7 Å². The minimum atomic E-state index is -0.236. The maximum Gasteiger partial charge on any atom is 0.323 e. The van der Waals surface area contributed by atoms with Gasteiger partial charge in [-0.2, -0.15) is 0 Å². The van der Waals surface area contributed by atoms with E-state index < -0.39 is 0 Å². The number of nitrogens with one attached hydrogen (secondary N) is 2. The van der Waals surface area contributed by atoms with Crippen molar-refractivity contribution in [1.82, 2.24) is 14.9 Å². The van der Waals surface area contributed by atoms with E-state index in [1.807, 2.05) is 59.5 Å². The number of ether oxygens (including phenoxy) is 1. The summed E-state index contributed by atoms with van der Waals surface area (Å²) in [5, 5.41) is 2.07. The summed E-state index contributed by atoms with van der Waals surface area (Å²) in [7, 11) is 0. The van der Waals surface area contributed by atoms with Crippen molar-refractivity contribution >= 4 is 27.7 Å². The zero-order chi connectivity index (χ0) is 19.8. The number of aromatic nitrogens is 2. The van der Waals surface area contributed by atoms with E-state index in [2.05, 4.69) is 9.97 Å². The quantitative estimate of drug-likeness (QED) is 0.561. The zero-order valence-corrected chi connectivity index (χ0v) is 15.9. The lowest BCUT2D eigenvalue weighted by atomic mass is 9.97. The molecule has 6 nitrogen and oxygen atoms in total. The van der Waals surface area contributed by atoms with Gasteiger partial charge in [-0.25, -0.2) is 4.79 Å². The smallest absolute Gasteiger partial charge is 0.323 e. The molecular formula is C23H21N3O3. The molecule has 1 aromatic heterocycles. The highest BCUT2D eigenvalue weighted by atomic mass is 16.5. The monoisotopic (exact) mass is 387 g/mol. The molecule has 5 rings (SSSR count). The number of carbonyl (C=O) groups excluding carboxylic acids is 1. The standard InChI is InChI=1S/C23H21N3O3/c27-21(26-10-3-4-11-26)14-29-16-12-15-6-1-2-7-17(15)19(13-16)18-8-5-9-20-22(18)25-23(28)24-20/h1-2,5-9,12-13H,3-4,10-11,14H2,(H2,24,25,28). The molecular weight excluding hydrogens is 366 g/mol. The largest absolute Gasteiger partial charge is 0.484 e. The van der Waals surface area contributed by atoms with Crippen LogP contribution in [0, 0.1) is 0 Å². The number of fused-ring (bicyclic) bond motifs is 2. The zero-order valence-electron chi connectivity index (χ0n) is 15.9. The molecule has 0 radical (unpaired) electrons. The lowest BCUT2D eigenvalue weighted by molar-refractivity contribution is -0.132. The Morgan fingerprint density at radius 2 is 1.79 bits per heavy atom. The van der Waals surface area contributed by atoms with Gasteiger partial charge in [-0.05, 0) is 47.4 Å². The van der Waals surface area contributed by atoms with Crippen molar-refractivity contribution in [3.63, 3.8) is 0 Å². The fourth-order valence-electron chi connectivity index (χ4n) is 4.07. The summed E-state index contributed by atoms with van der Waals surface area (Å²) in [4.78, 5) is 31.7. The van der Waals surface area contributed by atoms with Crippen molar-refractivity contribution in [1.29, 1.82) is 0 Å². The summed E-state index contributed by atoms with van der Waals surface area (Å²) in [6, 6.07) is 17.7. The molecule has 2 N–H and O–H groups in total. The Hall–Kier alpha value is -3.54. The van der Waals surface area contributed by atoms with Crippen molar-refractivity contribution in [3.8, 4) is 16.9 Å². The van der Waals surface area contributed by atoms with Crippen LogP contribution in [0.15, 0.2) is 59.4 Å². The topological polar surface area (TPSA) is 78.2 Å². The molecule has 0 spiro atoms. The van der Waals surface area contributed by atoms with Gasteiger partial charge in [-0.3, -0.25) is 4.79 Å². The van der Waals surface area contributed by atoms with Crippen LogP contribution in [0.25, 0.3) is 32.9 Å². The van der Waals surface area contributed by atoms with Crippen LogP contribution in [0.4, 0.5) is 0 Å². The minimum Gasteiger partial charge on any atom is -0.484 e. The van der Waals surface area contributed by atoms with Crippen LogP contribution in [0.5, 0.6) is 5.75 Å². The molecule has 0 bridgehead atoms. The molecule has 3 aromatic carbocycles. The molecule has 29 heavy (non-hydrogen) atoms. The fraction of sp³-hybridized carbons (Fsp3) is 0.217. The van der Waals surface area contributed by atoms with E-state index in [1.54, 1.807) is 0 Å². The summed E-state index contributed by atoms with van der Waals surface area (Å²) in [5.41, 5.74) is 3.14. The first-order chi connectivity index (χ1) is 14.2. The first-order valence-electron chi connectivity index (χ1n) is 9.84. The van der Waals surface area contributed by atoms with Gasteiger partial charge in [0.15, 0.2) is 6.61 Å². The first kappa shape index (κ1) is 17.6. The molecule has 6 heteroatoms. The maximum absolute atomic E-state index is 12.4. The Labute approximate surface area is 167 Å². The van der Waals surface area contributed by atoms with Gasteiger partial charge in [0.05, 0.1) is 11.0 Å². The predicted molar refractivity (Wildman–Crippen MR) is 113 cm³/mol. The van der Waals surface area contributed by atoms with Crippen LogP contribution in [0.1, 0.15) is 12.8 Å². The third-order valence-electron chi connectivity index (χ3n) is 5.50. The number of likely N-dealkylation sites (tertiary alicyclic amines) is 1. The molecule has 0 atom stereocenters. The second-order valence-electron chi connectivity index (χ2n) is 7.38. The summed E-state index contributed by atoms with van der Waals surface area (Å²) in [6.07, 6.45) is 2.12. The summed E-state index contributed by atoms with van der Waals surface area (Å²) < 4.78 is 5.90. The Balaban J connectivity index is 1.57. The molecule has 146 valence electrons. The van der Waals surface area contributed by atoms with Crippen LogP contribution in [0.3, 0.4) is 0 Å². The molecule has 1 fully saturated rings. The van der Waals surface area contributed by atoms with Gasteiger partial charge in [0.1, 0.15) is 5.75 Å². The molecule has 2 heterocycles. The summed E-state index contributed by atoms with van der Waals surface area (Å²) in [6.45, 7) is 1.66. The van der Waals surface area contributed by atoms with E-state index in [0.717, 1.165) is 58.9 Å². The summed E-state index contributed by atoms with van der Waals surface area (Å²) >= 11 is 0. The predicted octanol–water partition coefficient (Wildman–Crippen LogP) is 3.68. The van der Waals surface area contributed by atoms with E-state index >= 15 is 0 Å². The number of rotatable bonds is 4. The minimum absolute atomic E-state index is 0.0225. The molecule has 0 saturated carbocycles. The van der Waals surface area contributed by atoms with Crippen LogP contribution in [-0.4, -0.2) is 40.5 Å². The number of carbonyl (C=O) groups is 1. The third kappa shape index (κ3) is 3.27. The Morgan fingerprint density at radius 3 is 2.66 bits per heavy atom. The number of benzene rings is 3. The van der Waals surface area contributed by atoms with Gasteiger partial charge in [-0.15, -0.1) is 0 Å². The van der Waals surface area contributed by atoms with Crippen molar-refractivity contribution in [2.24, 2.45) is 0 Å². The average Bonchev–Trinajstić information content (AvgIpc) is 3.40. The van der Waals surface area contributed by atoms with Gasteiger partial charge in [0.2, 0.25) is 0 Å². The van der Waals surface area contributed by atoms with Crippen molar-refractivity contribution < 1.29 is 9.53 Å². The number of aromatic amines is 2. The van der Waals surface area contributed by atoms with Gasteiger partial charge in [0, 0.05) is 18.7 Å². The first-order valence-corrected chi connectivity index (χ1v) is 9.84. The number of hydrogen-bond acceptors (Lipinski definition) is 3. The lowest BCUT2D eigenvalue weighted by Crippen LogP contribution is -2.32. The number of para-hydroxylation sites is 1. The van der Waals surface area contributed by atoms with Crippen molar-refractivity contribution in [2.45, 2.75) is 12.8 Å². The molecule has 0 aliphatic carbocycles. The van der Waals surface area contributed by atoms with E-state index in [9.17, 15) is 9.59 Å². The second kappa shape index (κ2) is 7.13. The van der Waals surface area contributed by atoms with E-state index in [1.165, 1.54) is 0 Å². The number of amides is 1. The molecule has 0 unspecified atom stereocenters. The van der Waals surface area contributed by atoms with E-state index in [4.69, 9.17) is 4.74 Å². The van der Waals surface area contributed by atoms with Crippen LogP contribution in [-0.2, 0) is 4.79 Å². The van der Waals surface area contributed by atoms with Gasteiger partial charge in [0.25, 0.3) is 5.91 Å². The Morgan fingerprint density at radius 1 is 0.966 bits per heavy atom. The highest BCUT2D eigenvalue weighted by molar-refractivity contribution is 6.04. The maximum atomic E-state index is 12.4. The van der Waals surface area contributed by atoms with Crippen LogP contribution >= 0.6 is 0 Å². The normalized spacial score (nSPS) is 14.0. The van der Waals surface area contributed by atoms with E-state index in [0.29, 0.717) is 5.75 Å². The van der Waals surface area contributed by atoms with Crippen LogP contribution < -0.4 is 10.4 Å². The third-order valence-corrected chi connectivity index (χ3v) is 5.50. The summed E-state index contributed by atoms with van der Waals surface area (Å²) in [5.74, 6) is 0.662. The SMILES string of the molecule is O=C(COc1cc(-c2cccc3[nH]c(=O)[nH]c23)c2ccccc2c1)N1CCCC1. The molecule has 1 saturated heterocycles. The molecule has 1 aliphatic heterocycles. The Bertz CT molecular complexity index is 1270.